The van der Waals surface area contributed by atoms with Gasteiger partial charge in [-0.3, -0.25) is 9.48 Å². The van der Waals surface area contributed by atoms with E-state index < -0.39 is 0 Å². The molecule has 0 aliphatic carbocycles. The number of aryl methyl sites for hydroxylation is 1. The van der Waals surface area contributed by atoms with Crippen molar-refractivity contribution in [2.75, 3.05) is 13.1 Å². The molecule has 0 saturated carbocycles. The van der Waals surface area contributed by atoms with Gasteiger partial charge in [0.05, 0.1) is 6.04 Å². The molecule has 1 aromatic rings. The molecule has 1 atom stereocenters. The summed E-state index contributed by atoms with van der Waals surface area (Å²) in [5, 5.41) is 10.2. The summed E-state index contributed by atoms with van der Waals surface area (Å²) in [6.45, 7) is 7.42. The van der Waals surface area contributed by atoms with E-state index in [4.69, 9.17) is 0 Å². The van der Waals surface area contributed by atoms with Crippen LogP contribution in [0.15, 0.2) is 6.33 Å². The molecule has 0 spiro atoms. The Kier molecular flexibility index (Phi) is 5.77. The predicted octanol–water partition coefficient (Wildman–Crippen LogP) is 0.108. The highest BCUT2D eigenvalue weighted by Crippen LogP contribution is 1.91. The average molecular weight is 253 g/mol. The number of aromatic nitrogens is 3. The molecule has 1 amide bonds. The smallest absolute Gasteiger partial charge is 0.236 e. The summed E-state index contributed by atoms with van der Waals surface area (Å²) in [4.78, 5) is 15.8. The summed E-state index contributed by atoms with van der Waals surface area (Å²) in [5.74, 6) is 1.30. The number of carbonyl (C=O) groups excluding carboxylic acids is 1. The van der Waals surface area contributed by atoms with Gasteiger partial charge in [0.25, 0.3) is 0 Å². The molecule has 0 aliphatic heterocycles. The molecule has 6 heteroatoms. The van der Waals surface area contributed by atoms with Crippen LogP contribution in [0.25, 0.3) is 0 Å². The lowest BCUT2D eigenvalue weighted by Crippen LogP contribution is -2.43. The Morgan fingerprint density at radius 3 is 2.72 bits per heavy atom. The van der Waals surface area contributed by atoms with Crippen molar-refractivity contribution in [2.24, 2.45) is 13.0 Å². The first-order valence-electron chi connectivity index (χ1n) is 6.34. The molecule has 0 fully saturated rings. The maximum absolute atomic E-state index is 11.7. The molecule has 0 saturated heterocycles. The van der Waals surface area contributed by atoms with E-state index in [-0.39, 0.29) is 11.9 Å². The van der Waals surface area contributed by atoms with E-state index in [1.54, 1.807) is 11.0 Å². The SMILES string of the molecule is CC(C)CNC(=O)C(C)NCCc1ncn(C)n1. The van der Waals surface area contributed by atoms with Crippen LogP contribution in [0.2, 0.25) is 0 Å². The number of rotatable bonds is 7. The van der Waals surface area contributed by atoms with Crippen LogP contribution >= 0.6 is 0 Å². The monoisotopic (exact) mass is 253 g/mol. The fourth-order valence-electron chi connectivity index (χ4n) is 1.45. The summed E-state index contributed by atoms with van der Waals surface area (Å²) < 4.78 is 1.67. The predicted molar refractivity (Wildman–Crippen MR) is 70.0 cm³/mol. The highest BCUT2D eigenvalue weighted by molar-refractivity contribution is 5.81. The molecule has 18 heavy (non-hydrogen) atoms. The zero-order valence-electron chi connectivity index (χ0n) is 11.6. The van der Waals surface area contributed by atoms with Crippen LogP contribution in [0, 0.1) is 5.92 Å². The third kappa shape index (κ3) is 5.27. The molecule has 1 aromatic heterocycles. The van der Waals surface area contributed by atoms with Crippen LogP contribution in [0.3, 0.4) is 0 Å². The van der Waals surface area contributed by atoms with Gasteiger partial charge in [0.1, 0.15) is 6.33 Å². The Balaban J connectivity index is 2.20. The maximum atomic E-state index is 11.7. The molecule has 0 aliphatic rings. The number of nitrogens with one attached hydrogen (secondary N) is 2. The molecule has 0 bridgehead atoms. The van der Waals surface area contributed by atoms with Gasteiger partial charge < -0.3 is 10.6 Å². The molecule has 1 unspecified atom stereocenters. The Labute approximate surface area is 108 Å². The molecule has 2 N–H and O–H groups in total. The van der Waals surface area contributed by atoms with E-state index in [2.05, 4.69) is 34.6 Å². The van der Waals surface area contributed by atoms with Crippen LogP contribution < -0.4 is 10.6 Å². The first kappa shape index (κ1) is 14.6. The van der Waals surface area contributed by atoms with Gasteiger partial charge in [-0.2, -0.15) is 5.10 Å². The van der Waals surface area contributed by atoms with E-state index in [0.717, 1.165) is 12.2 Å². The lowest BCUT2D eigenvalue weighted by molar-refractivity contribution is -0.122. The largest absolute Gasteiger partial charge is 0.354 e. The van der Waals surface area contributed by atoms with Crippen molar-refractivity contribution < 1.29 is 4.79 Å². The Hall–Kier alpha value is -1.43. The summed E-state index contributed by atoms with van der Waals surface area (Å²) in [7, 11) is 1.84. The van der Waals surface area contributed by atoms with Crippen molar-refractivity contribution in [2.45, 2.75) is 33.2 Å². The van der Waals surface area contributed by atoms with Gasteiger partial charge in [-0.15, -0.1) is 0 Å². The van der Waals surface area contributed by atoms with E-state index in [0.29, 0.717) is 19.0 Å². The summed E-state index contributed by atoms with van der Waals surface area (Å²) in [5.41, 5.74) is 0. The third-order valence-electron chi connectivity index (χ3n) is 2.52. The molecule has 0 aromatic carbocycles. The first-order chi connectivity index (χ1) is 8.49. The Bertz CT molecular complexity index is 374. The van der Waals surface area contributed by atoms with Crippen molar-refractivity contribution in [1.82, 2.24) is 25.4 Å². The number of carbonyl (C=O) groups is 1. The highest BCUT2D eigenvalue weighted by atomic mass is 16.2. The normalized spacial score (nSPS) is 12.7. The van der Waals surface area contributed by atoms with Crippen LogP contribution in [0.4, 0.5) is 0 Å². The van der Waals surface area contributed by atoms with Gasteiger partial charge in [0, 0.05) is 26.6 Å². The van der Waals surface area contributed by atoms with Crippen molar-refractivity contribution in [3.63, 3.8) is 0 Å². The molecule has 1 rings (SSSR count). The molecular formula is C12H23N5O. The quantitative estimate of drug-likeness (QED) is 0.723. The fraction of sp³-hybridized carbons (Fsp3) is 0.750. The van der Waals surface area contributed by atoms with Gasteiger partial charge in [-0.1, -0.05) is 13.8 Å². The van der Waals surface area contributed by atoms with E-state index in [1.165, 1.54) is 0 Å². The fourth-order valence-corrected chi connectivity index (χ4v) is 1.45. The molecular weight excluding hydrogens is 230 g/mol. The van der Waals surface area contributed by atoms with Crippen molar-refractivity contribution >= 4 is 5.91 Å². The molecule has 0 radical (unpaired) electrons. The topological polar surface area (TPSA) is 71.8 Å². The molecule has 102 valence electrons. The van der Waals surface area contributed by atoms with E-state index in [9.17, 15) is 4.79 Å². The van der Waals surface area contributed by atoms with E-state index >= 15 is 0 Å². The lowest BCUT2D eigenvalue weighted by Gasteiger charge is -2.14. The summed E-state index contributed by atoms with van der Waals surface area (Å²) >= 11 is 0. The van der Waals surface area contributed by atoms with Gasteiger partial charge in [0.2, 0.25) is 5.91 Å². The average Bonchev–Trinajstić information content (AvgIpc) is 2.71. The molecule has 1 heterocycles. The Morgan fingerprint density at radius 1 is 1.44 bits per heavy atom. The minimum atomic E-state index is -0.188. The van der Waals surface area contributed by atoms with Crippen LogP contribution in [0.5, 0.6) is 0 Å². The maximum Gasteiger partial charge on any atom is 0.236 e. The molecule has 6 nitrogen and oxygen atoms in total. The second-order valence-corrected chi connectivity index (χ2v) is 4.90. The van der Waals surface area contributed by atoms with Crippen LogP contribution in [0.1, 0.15) is 26.6 Å². The van der Waals surface area contributed by atoms with E-state index in [1.807, 2.05) is 14.0 Å². The van der Waals surface area contributed by atoms with Gasteiger partial charge in [0.15, 0.2) is 5.82 Å². The number of amides is 1. The number of hydrogen-bond acceptors (Lipinski definition) is 4. The number of hydrogen-bond donors (Lipinski definition) is 2. The minimum absolute atomic E-state index is 0.0395. The summed E-state index contributed by atoms with van der Waals surface area (Å²) in [6, 6.07) is -0.188. The van der Waals surface area contributed by atoms with Crippen LogP contribution in [-0.4, -0.2) is 39.8 Å². The third-order valence-corrected chi connectivity index (χ3v) is 2.52. The standard InChI is InChI=1S/C12H23N5O/c1-9(2)7-14-12(18)10(3)13-6-5-11-15-8-17(4)16-11/h8-10,13H,5-7H2,1-4H3,(H,14,18). The van der Waals surface area contributed by atoms with Gasteiger partial charge in [-0.05, 0) is 12.8 Å². The second kappa shape index (κ2) is 7.10. The lowest BCUT2D eigenvalue weighted by atomic mass is 10.2. The zero-order valence-corrected chi connectivity index (χ0v) is 11.6. The number of nitrogens with zero attached hydrogens (tertiary/aromatic N) is 3. The summed E-state index contributed by atoms with van der Waals surface area (Å²) in [6.07, 6.45) is 2.40. The van der Waals surface area contributed by atoms with Crippen molar-refractivity contribution in [3.05, 3.63) is 12.2 Å². The second-order valence-electron chi connectivity index (χ2n) is 4.90. The highest BCUT2D eigenvalue weighted by Gasteiger charge is 2.11. The zero-order chi connectivity index (χ0) is 13.5. The van der Waals surface area contributed by atoms with Gasteiger partial charge in [-0.25, -0.2) is 4.98 Å². The minimum Gasteiger partial charge on any atom is -0.354 e. The van der Waals surface area contributed by atoms with Crippen molar-refractivity contribution in [1.29, 1.82) is 0 Å². The first-order valence-corrected chi connectivity index (χ1v) is 6.34. The van der Waals surface area contributed by atoms with Crippen LogP contribution in [-0.2, 0) is 18.3 Å². The van der Waals surface area contributed by atoms with Gasteiger partial charge >= 0.3 is 0 Å². The Morgan fingerprint density at radius 2 is 2.17 bits per heavy atom. The van der Waals surface area contributed by atoms with Crippen molar-refractivity contribution in [3.8, 4) is 0 Å².